The highest BCUT2D eigenvalue weighted by Gasteiger charge is 2.33. The van der Waals surface area contributed by atoms with Crippen molar-refractivity contribution in [2.24, 2.45) is 4.99 Å². The van der Waals surface area contributed by atoms with E-state index in [1.807, 2.05) is 30.3 Å². The zero-order chi connectivity index (χ0) is 23.8. The van der Waals surface area contributed by atoms with Crippen LogP contribution in [0.5, 0.6) is 11.5 Å². The summed E-state index contributed by atoms with van der Waals surface area (Å²) in [4.78, 5) is 31.3. The van der Waals surface area contributed by atoms with Crippen LogP contribution in [0.3, 0.4) is 0 Å². The van der Waals surface area contributed by atoms with Gasteiger partial charge in [0.25, 0.3) is 5.91 Å². The first kappa shape index (κ1) is 24.8. The minimum absolute atomic E-state index is 0.163. The van der Waals surface area contributed by atoms with E-state index in [4.69, 9.17) is 14.2 Å². The van der Waals surface area contributed by atoms with Gasteiger partial charge in [-0.1, -0.05) is 34.1 Å². The Morgan fingerprint density at radius 1 is 1.15 bits per heavy atom. The predicted octanol–water partition coefficient (Wildman–Crippen LogP) is 4.26. The molecule has 3 rings (SSSR count). The van der Waals surface area contributed by atoms with Crippen LogP contribution in [0.25, 0.3) is 6.08 Å². The highest BCUT2D eigenvalue weighted by atomic mass is 79.9. The van der Waals surface area contributed by atoms with Crippen molar-refractivity contribution in [2.45, 2.75) is 0 Å². The highest BCUT2D eigenvalue weighted by molar-refractivity contribution is 9.10. The Bertz CT molecular complexity index is 1070. The number of hydrogen-bond donors (Lipinski definition) is 0. The van der Waals surface area contributed by atoms with Crippen LogP contribution in [0.15, 0.2) is 56.8 Å². The SMILES string of the molecule is COCCN1C(=O)/C(=C\c2cc(OC)c(OCC(=O)OC)cc2Br)SC1=Nc1ccccc1. The fourth-order valence-corrected chi connectivity index (χ4v) is 4.31. The van der Waals surface area contributed by atoms with E-state index in [1.165, 1.54) is 26.0 Å². The number of rotatable bonds is 9. The zero-order valence-electron chi connectivity index (χ0n) is 18.4. The maximum absolute atomic E-state index is 13.1. The third-order valence-corrected chi connectivity index (χ3v) is 6.22. The molecule has 0 unspecified atom stereocenters. The first-order chi connectivity index (χ1) is 16.0. The number of benzene rings is 2. The fraction of sp³-hybridized carbons (Fsp3) is 0.261. The van der Waals surface area contributed by atoms with Crippen molar-refractivity contribution in [3.05, 3.63) is 57.4 Å². The summed E-state index contributed by atoms with van der Waals surface area (Å²) in [6.45, 7) is 0.523. The van der Waals surface area contributed by atoms with Crippen LogP contribution < -0.4 is 9.47 Å². The van der Waals surface area contributed by atoms with Gasteiger partial charge in [0.15, 0.2) is 23.3 Å². The van der Waals surface area contributed by atoms with Crippen LogP contribution >= 0.6 is 27.7 Å². The fourth-order valence-electron chi connectivity index (χ4n) is 2.85. The second-order valence-corrected chi connectivity index (χ2v) is 8.54. The molecule has 2 aromatic carbocycles. The number of carbonyl (C=O) groups excluding carboxylic acids is 2. The lowest BCUT2D eigenvalue weighted by molar-refractivity contribution is -0.142. The number of nitrogens with zero attached hydrogens (tertiary/aromatic N) is 2. The Morgan fingerprint density at radius 2 is 1.91 bits per heavy atom. The van der Waals surface area contributed by atoms with Crippen LogP contribution in [-0.4, -0.2) is 63.0 Å². The molecule has 1 aliphatic heterocycles. The number of carbonyl (C=O) groups is 2. The van der Waals surface area contributed by atoms with Gasteiger partial charge in [-0.25, -0.2) is 9.79 Å². The standard InChI is InChI=1S/C23H23BrN2O6S/c1-29-10-9-26-22(28)20(33-23(26)25-16-7-5-4-6-8-16)12-15-11-18(30-2)19(13-17(15)24)32-14-21(27)31-3/h4-8,11-13H,9-10,14H2,1-3H3/b20-12+,25-23?. The number of thioether (sulfide) groups is 1. The number of amides is 1. The van der Waals surface area contributed by atoms with Crippen molar-refractivity contribution in [1.82, 2.24) is 4.90 Å². The summed E-state index contributed by atoms with van der Waals surface area (Å²) in [5.74, 6) is 0.117. The van der Waals surface area contributed by atoms with Crippen LogP contribution in [-0.2, 0) is 19.1 Å². The normalized spacial score (nSPS) is 15.9. The smallest absolute Gasteiger partial charge is 0.343 e. The number of para-hydroxylation sites is 1. The van der Waals surface area contributed by atoms with Gasteiger partial charge < -0.3 is 18.9 Å². The molecule has 0 N–H and O–H groups in total. The second kappa shape index (κ2) is 11.9. The summed E-state index contributed by atoms with van der Waals surface area (Å²) in [6, 6.07) is 12.9. The maximum Gasteiger partial charge on any atom is 0.343 e. The van der Waals surface area contributed by atoms with E-state index in [0.29, 0.717) is 44.8 Å². The van der Waals surface area contributed by atoms with Gasteiger partial charge in [0, 0.05) is 11.6 Å². The largest absolute Gasteiger partial charge is 0.493 e. The van der Waals surface area contributed by atoms with Gasteiger partial charge in [0.1, 0.15) is 0 Å². The summed E-state index contributed by atoms with van der Waals surface area (Å²) in [5.41, 5.74) is 1.46. The van der Waals surface area contributed by atoms with Crippen molar-refractivity contribution in [1.29, 1.82) is 0 Å². The van der Waals surface area contributed by atoms with Crippen molar-refractivity contribution in [3.63, 3.8) is 0 Å². The summed E-state index contributed by atoms with van der Waals surface area (Å²) in [5, 5.41) is 0.579. The van der Waals surface area contributed by atoms with E-state index < -0.39 is 5.97 Å². The molecule has 0 atom stereocenters. The quantitative estimate of drug-likeness (QED) is 0.350. The van der Waals surface area contributed by atoms with E-state index in [9.17, 15) is 9.59 Å². The first-order valence-electron chi connectivity index (χ1n) is 9.88. The number of hydrogen-bond acceptors (Lipinski definition) is 8. The van der Waals surface area contributed by atoms with Gasteiger partial charge in [-0.3, -0.25) is 9.69 Å². The summed E-state index contributed by atoms with van der Waals surface area (Å²) in [7, 11) is 4.37. The number of methoxy groups -OCH3 is 3. The molecule has 2 aromatic rings. The Balaban J connectivity index is 1.92. The topological polar surface area (TPSA) is 86.7 Å². The van der Waals surface area contributed by atoms with E-state index in [1.54, 1.807) is 30.2 Å². The second-order valence-electron chi connectivity index (χ2n) is 6.68. The molecule has 8 nitrogen and oxygen atoms in total. The van der Waals surface area contributed by atoms with Crippen molar-refractivity contribution < 1.29 is 28.5 Å². The number of amidine groups is 1. The molecule has 1 amide bonds. The Morgan fingerprint density at radius 3 is 2.58 bits per heavy atom. The molecule has 1 saturated heterocycles. The van der Waals surface area contributed by atoms with Crippen LogP contribution in [0, 0.1) is 0 Å². The summed E-state index contributed by atoms with van der Waals surface area (Å²) in [6.07, 6.45) is 1.76. The monoisotopic (exact) mass is 534 g/mol. The minimum atomic E-state index is -0.506. The van der Waals surface area contributed by atoms with Crippen molar-refractivity contribution in [3.8, 4) is 11.5 Å². The van der Waals surface area contributed by atoms with Gasteiger partial charge in [-0.05, 0) is 47.7 Å². The predicted molar refractivity (Wildman–Crippen MR) is 131 cm³/mol. The molecule has 1 heterocycles. The molecule has 10 heteroatoms. The lowest BCUT2D eigenvalue weighted by Gasteiger charge is -2.14. The van der Waals surface area contributed by atoms with Crippen LogP contribution in [0.4, 0.5) is 5.69 Å². The molecular formula is C23H23BrN2O6S. The molecule has 0 radical (unpaired) electrons. The van der Waals surface area contributed by atoms with Gasteiger partial charge in [0.2, 0.25) is 0 Å². The van der Waals surface area contributed by atoms with Crippen molar-refractivity contribution in [2.75, 3.05) is 41.1 Å². The molecule has 1 aliphatic rings. The Kier molecular flexibility index (Phi) is 8.93. The molecule has 0 bridgehead atoms. The number of ether oxygens (including phenoxy) is 4. The van der Waals surface area contributed by atoms with E-state index >= 15 is 0 Å². The molecule has 0 aromatic heterocycles. The maximum atomic E-state index is 13.1. The lowest BCUT2D eigenvalue weighted by atomic mass is 10.2. The number of aliphatic imine (C=N–C) groups is 1. The van der Waals surface area contributed by atoms with Crippen LogP contribution in [0.2, 0.25) is 0 Å². The molecule has 174 valence electrons. The highest BCUT2D eigenvalue weighted by Crippen LogP contribution is 2.38. The summed E-state index contributed by atoms with van der Waals surface area (Å²) >= 11 is 4.80. The van der Waals surface area contributed by atoms with Gasteiger partial charge in [-0.2, -0.15) is 0 Å². The zero-order valence-corrected chi connectivity index (χ0v) is 20.8. The average molecular weight is 535 g/mol. The number of halogens is 1. The number of esters is 1. The molecule has 33 heavy (non-hydrogen) atoms. The Labute approximate surface area is 204 Å². The first-order valence-corrected chi connectivity index (χ1v) is 11.5. The van der Waals surface area contributed by atoms with Crippen molar-refractivity contribution >= 4 is 56.5 Å². The lowest BCUT2D eigenvalue weighted by Crippen LogP contribution is -2.32. The van der Waals surface area contributed by atoms with Crippen LogP contribution in [0.1, 0.15) is 5.56 Å². The van der Waals surface area contributed by atoms with E-state index in [2.05, 4.69) is 25.7 Å². The van der Waals surface area contributed by atoms with E-state index in [0.717, 1.165) is 5.69 Å². The molecular weight excluding hydrogens is 512 g/mol. The average Bonchev–Trinajstić information content (AvgIpc) is 3.11. The molecule has 0 aliphatic carbocycles. The minimum Gasteiger partial charge on any atom is -0.493 e. The third kappa shape index (κ3) is 6.37. The molecule has 0 spiro atoms. The Hall–Kier alpha value is -2.82. The van der Waals surface area contributed by atoms with E-state index in [-0.39, 0.29) is 12.5 Å². The molecule has 1 fully saturated rings. The van der Waals surface area contributed by atoms with Gasteiger partial charge in [-0.15, -0.1) is 0 Å². The summed E-state index contributed by atoms with van der Waals surface area (Å²) < 4.78 is 21.3. The van der Waals surface area contributed by atoms with Gasteiger partial charge >= 0.3 is 5.97 Å². The molecule has 0 saturated carbocycles. The third-order valence-electron chi connectivity index (χ3n) is 4.53. The van der Waals surface area contributed by atoms with Gasteiger partial charge in [0.05, 0.1) is 38.0 Å².